The lowest BCUT2D eigenvalue weighted by molar-refractivity contribution is -0.121. The molecule has 6 heteroatoms. The fourth-order valence-electron chi connectivity index (χ4n) is 1.57. The van der Waals surface area contributed by atoms with Gasteiger partial charge in [0.2, 0.25) is 5.91 Å². The number of thiazole rings is 1. The van der Waals surface area contributed by atoms with E-state index in [1.165, 1.54) is 11.3 Å². The second-order valence-electron chi connectivity index (χ2n) is 3.90. The number of carbonyl (C=O) groups is 1. The normalized spacial score (nSPS) is 12.1. The van der Waals surface area contributed by atoms with Crippen LogP contribution in [0.2, 0.25) is 0 Å². The maximum Gasteiger partial charge on any atom is 0.226 e. The minimum absolute atomic E-state index is 0.0848. The molecule has 0 fully saturated rings. The topological polar surface area (TPSA) is 80.9 Å². The number of nitrogens with zero attached hydrogens (tertiary/aromatic N) is 2. The van der Waals surface area contributed by atoms with E-state index in [4.69, 9.17) is 5.73 Å². The van der Waals surface area contributed by atoms with Gasteiger partial charge in [0.05, 0.1) is 23.9 Å². The number of anilines is 1. The number of carbonyl (C=O) groups excluding carboxylic acids is 1. The van der Waals surface area contributed by atoms with E-state index in [1.54, 1.807) is 11.6 Å². The van der Waals surface area contributed by atoms with Gasteiger partial charge in [-0.3, -0.25) is 9.78 Å². The third-order valence-corrected chi connectivity index (χ3v) is 3.14. The van der Waals surface area contributed by atoms with E-state index in [0.29, 0.717) is 10.8 Å². The van der Waals surface area contributed by atoms with Gasteiger partial charge >= 0.3 is 0 Å². The monoisotopic (exact) mass is 262 g/mol. The lowest BCUT2D eigenvalue weighted by Gasteiger charge is -2.12. The minimum Gasteiger partial charge on any atom is -0.375 e. The van der Waals surface area contributed by atoms with Crippen molar-refractivity contribution in [1.82, 2.24) is 15.3 Å². The van der Waals surface area contributed by atoms with Crippen LogP contribution in [-0.4, -0.2) is 15.9 Å². The zero-order valence-corrected chi connectivity index (χ0v) is 10.8. The largest absolute Gasteiger partial charge is 0.375 e. The summed E-state index contributed by atoms with van der Waals surface area (Å²) in [7, 11) is 0. The summed E-state index contributed by atoms with van der Waals surface area (Å²) in [5.41, 5.74) is 7.05. The summed E-state index contributed by atoms with van der Waals surface area (Å²) in [5.74, 6) is -0.0848. The molecule has 0 radical (unpaired) electrons. The molecule has 18 heavy (non-hydrogen) atoms. The van der Waals surface area contributed by atoms with Crippen LogP contribution in [0.5, 0.6) is 0 Å². The number of nitrogen functional groups attached to an aromatic ring is 1. The zero-order chi connectivity index (χ0) is 13.0. The molecule has 0 aliphatic heterocycles. The van der Waals surface area contributed by atoms with Gasteiger partial charge in [0.25, 0.3) is 0 Å². The first-order valence-electron chi connectivity index (χ1n) is 5.55. The Morgan fingerprint density at radius 3 is 3.00 bits per heavy atom. The van der Waals surface area contributed by atoms with Crippen LogP contribution < -0.4 is 11.1 Å². The van der Waals surface area contributed by atoms with Crippen LogP contribution in [0.4, 0.5) is 5.13 Å². The minimum atomic E-state index is -0.116. The van der Waals surface area contributed by atoms with Crippen LogP contribution in [0.3, 0.4) is 0 Å². The van der Waals surface area contributed by atoms with Crippen molar-refractivity contribution < 1.29 is 4.79 Å². The molecular weight excluding hydrogens is 248 g/mol. The van der Waals surface area contributed by atoms with E-state index in [9.17, 15) is 4.79 Å². The molecule has 2 aromatic heterocycles. The molecule has 2 heterocycles. The van der Waals surface area contributed by atoms with Crippen LogP contribution in [0.15, 0.2) is 29.8 Å². The van der Waals surface area contributed by atoms with E-state index in [1.807, 2.05) is 25.1 Å². The molecule has 0 unspecified atom stereocenters. The molecular formula is C12H14N4OS. The third-order valence-electron chi connectivity index (χ3n) is 2.42. The van der Waals surface area contributed by atoms with Gasteiger partial charge in [-0.2, -0.15) is 0 Å². The average Bonchev–Trinajstić information content (AvgIpc) is 2.75. The lowest BCUT2D eigenvalue weighted by Crippen LogP contribution is -2.28. The maximum atomic E-state index is 11.8. The standard InChI is InChI=1S/C12H14N4OS/c1-8(10-4-2-3-5-14-10)15-11(17)6-9-7-18-12(13)16-9/h2-5,7-8H,6H2,1H3,(H2,13,16)(H,15,17)/t8-/m0/s1. The summed E-state index contributed by atoms with van der Waals surface area (Å²) in [6.07, 6.45) is 1.95. The Morgan fingerprint density at radius 1 is 1.56 bits per heavy atom. The molecule has 0 bridgehead atoms. The van der Waals surface area contributed by atoms with Crippen molar-refractivity contribution in [1.29, 1.82) is 0 Å². The summed E-state index contributed by atoms with van der Waals surface area (Å²) >= 11 is 1.34. The highest BCUT2D eigenvalue weighted by molar-refractivity contribution is 7.13. The van der Waals surface area contributed by atoms with Crippen LogP contribution >= 0.6 is 11.3 Å². The van der Waals surface area contributed by atoms with E-state index in [-0.39, 0.29) is 18.4 Å². The van der Waals surface area contributed by atoms with Crippen LogP contribution in [-0.2, 0) is 11.2 Å². The Labute approximate surface area is 109 Å². The van der Waals surface area contributed by atoms with Crippen molar-refractivity contribution in [2.75, 3.05) is 5.73 Å². The van der Waals surface area contributed by atoms with Gasteiger partial charge in [0.1, 0.15) is 0 Å². The zero-order valence-electron chi connectivity index (χ0n) is 9.96. The highest BCUT2D eigenvalue weighted by Crippen LogP contribution is 2.12. The van der Waals surface area contributed by atoms with Crippen molar-refractivity contribution in [3.05, 3.63) is 41.2 Å². The summed E-state index contributed by atoms with van der Waals surface area (Å²) in [6.45, 7) is 1.90. The Kier molecular flexibility index (Phi) is 3.88. The first-order chi connectivity index (χ1) is 8.65. The van der Waals surface area contributed by atoms with E-state index < -0.39 is 0 Å². The first-order valence-corrected chi connectivity index (χ1v) is 6.43. The molecule has 5 nitrogen and oxygen atoms in total. The van der Waals surface area contributed by atoms with E-state index in [0.717, 1.165) is 5.69 Å². The molecule has 2 aromatic rings. The van der Waals surface area contributed by atoms with Gasteiger partial charge in [-0.05, 0) is 19.1 Å². The maximum absolute atomic E-state index is 11.8. The highest BCUT2D eigenvalue weighted by Gasteiger charge is 2.12. The number of rotatable bonds is 4. The van der Waals surface area contributed by atoms with Gasteiger partial charge in [0.15, 0.2) is 5.13 Å². The highest BCUT2D eigenvalue weighted by atomic mass is 32.1. The van der Waals surface area contributed by atoms with Gasteiger partial charge in [-0.25, -0.2) is 4.98 Å². The van der Waals surface area contributed by atoms with Crippen molar-refractivity contribution in [3.8, 4) is 0 Å². The molecule has 3 N–H and O–H groups in total. The molecule has 0 aliphatic carbocycles. The predicted octanol–water partition coefficient (Wildman–Crippen LogP) is 1.54. The number of hydrogen-bond acceptors (Lipinski definition) is 5. The first kappa shape index (κ1) is 12.5. The number of nitrogens with two attached hydrogens (primary N) is 1. The Balaban J connectivity index is 1.92. The molecule has 0 saturated heterocycles. The fraction of sp³-hybridized carbons (Fsp3) is 0.250. The molecule has 0 spiro atoms. The Hall–Kier alpha value is -1.95. The summed E-state index contributed by atoms with van der Waals surface area (Å²) in [4.78, 5) is 20.0. The van der Waals surface area contributed by atoms with Crippen molar-refractivity contribution in [2.45, 2.75) is 19.4 Å². The Bertz CT molecular complexity index is 526. The van der Waals surface area contributed by atoms with Crippen LogP contribution in [0, 0.1) is 0 Å². The van der Waals surface area contributed by atoms with Crippen molar-refractivity contribution in [3.63, 3.8) is 0 Å². The summed E-state index contributed by atoms with van der Waals surface area (Å²) < 4.78 is 0. The predicted molar refractivity (Wildman–Crippen MR) is 71.0 cm³/mol. The second kappa shape index (κ2) is 5.59. The van der Waals surface area contributed by atoms with Gasteiger partial charge in [0, 0.05) is 11.6 Å². The summed E-state index contributed by atoms with van der Waals surface area (Å²) in [5, 5.41) is 5.15. The number of pyridine rings is 1. The van der Waals surface area contributed by atoms with Gasteiger partial charge < -0.3 is 11.1 Å². The fourth-order valence-corrected chi connectivity index (χ4v) is 2.13. The van der Waals surface area contributed by atoms with Gasteiger partial charge in [-0.1, -0.05) is 6.07 Å². The number of nitrogens with one attached hydrogen (secondary N) is 1. The van der Waals surface area contributed by atoms with E-state index in [2.05, 4.69) is 15.3 Å². The SMILES string of the molecule is C[C@H](NC(=O)Cc1csc(N)n1)c1ccccn1. The summed E-state index contributed by atoms with van der Waals surface area (Å²) in [6, 6.07) is 5.50. The molecule has 2 rings (SSSR count). The number of hydrogen-bond donors (Lipinski definition) is 2. The molecule has 0 aliphatic rings. The number of amides is 1. The van der Waals surface area contributed by atoms with Gasteiger partial charge in [-0.15, -0.1) is 11.3 Å². The third kappa shape index (κ3) is 3.27. The smallest absolute Gasteiger partial charge is 0.226 e. The lowest BCUT2D eigenvalue weighted by atomic mass is 10.2. The van der Waals surface area contributed by atoms with Crippen molar-refractivity contribution >= 4 is 22.4 Å². The number of aromatic nitrogens is 2. The molecule has 0 saturated carbocycles. The quantitative estimate of drug-likeness (QED) is 0.875. The van der Waals surface area contributed by atoms with Crippen LogP contribution in [0.25, 0.3) is 0 Å². The van der Waals surface area contributed by atoms with Crippen LogP contribution in [0.1, 0.15) is 24.4 Å². The van der Waals surface area contributed by atoms with Crippen molar-refractivity contribution in [2.24, 2.45) is 0 Å². The second-order valence-corrected chi connectivity index (χ2v) is 4.79. The molecule has 1 atom stereocenters. The molecule has 1 amide bonds. The average molecular weight is 262 g/mol. The molecule has 0 aromatic carbocycles. The van der Waals surface area contributed by atoms with E-state index >= 15 is 0 Å². The Morgan fingerprint density at radius 2 is 2.39 bits per heavy atom. The molecule has 94 valence electrons.